The molecule has 9 aromatic rings. The fourth-order valence-electron chi connectivity index (χ4n) is 7.95. The summed E-state index contributed by atoms with van der Waals surface area (Å²) in [4.78, 5) is 9.38. The summed E-state index contributed by atoms with van der Waals surface area (Å²) in [5, 5.41) is 2.20. The number of aromatic nitrogens is 5. The summed E-state index contributed by atoms with van der Waals surface area (Å²) in [7, 11) is 0. The molecule has 0 bridgehead atoms. The molecule has 0 fully saturated rings. The second-order valence-corrected chi connectivity index (χ2v) is 17.4. The van der Waals surface area contributed by atoms with Gasteiger partial charge in [-0.2, -0.15) is 6.07 Å². The quantitative estimate of drug-likeness (QED) is 0.107. The first kappa shape index (κ1) is 40.7. The Morgan fingerprint density at radius 3 is 1.92 bits per heavy atom. The van der Waals surface area contributed by atoms with Crippen molar-refractivity contribution in [2.45, 2.75) is 64.7 Å². The van der Waals surface area contributed by atoms with Gasteiger partial charge in [-0.15, -0.1) is 23.6 Å². The van der Waals surface area contributed by atoms with Gasteiger partial charge in [-0.05, 0) is 80.8 Å². The molecule has 60 heavy (non-hydrogen) atoms. The SMILES string of the molecule is CC(C)(C)c1ccnc(-n2c3[c-]c(Oc4[c-]c(-n5[c-][n+](-c6cc(C(C)(C)c7ccccc7)cc(C(C)(C)c7ccccc7)c6)cc5)cnc4)ccc3c3ccccc32)c1.[Pt]. The number of fused-ring (bicyclic) bond motifs is 3. The van der Waals surface area contributed by atoms with Gasteiger partial charge in [0.2, 0.25) is 0 Å². The number of benzene rings is 5. The molecular formula is C53H47N5OPt-2. The average Bonchev–Trinajstić information content (AvgIpc) is 3.88. The Morgan fingerprint density at radius 2 is 1.25 bits per heavy atom. The van der Waals surface area contributed by atoms with Crippen molar-refractivity contribution in [2.24, 2.45) is 0 Å². The van der Waals surface area contributed by atoms with Crippen LogP contribution in [0.1, 0.15) is 76.3 Å². The second kappa shape index (κ2) is 15.8. The Balaban J connectivity index is 0.00000499. The van der Waals surface area contributed by atoms with Gasteiger partial charge in [-0.1, -0.05) is 145 Å². The largest absolute Gasteiger partial charge is 0.508 e. The van der Waals surface area contributed by atoms with Crippen molar-refractivity contribution >= 4 is 21.8 Å². The van der Waals surface area contributed by atoms with Crippen molar-refractivity contribution in [3.63, 3.8) is 0 Å². The first-order valence-corrected chi connectivity index (χ1v) is 20.1. The molecular weight excluding hydrogens is 918 g/mol. The fourth-order valence-corrected chi connectivity index (χ4v) is 7.95. The van der Waals surface area contributed by atoms with E-state index in [1.165, 1.54) is 27.8 Å². The Bertz CT molecular complexity index is 2890. The molecule has 0 aliphatic carbocycles. The van der Waals surface area contributed by atoms with Crippen LogP contribution in [0.3, 0.4) is 0 Å². The Kier molecular flexibility index (Phi) is 10.7. The third-order valence-corrected chi connectivity index (χ3v) is 11.7. The molecule has 302 valence electrons. The van der Waals surface area contributed by atoms with Crippen LogP contribution in [0.2, 0.25) is 0 Å². The maximum absolute atomic E-state index is 6.45. The van der Waals surface area contributed by atoms with Crippen molar-refractivity contribution < 1.29 is 30.4 Å². The Labute approximate surface area is 367 Å². The van der Waals surface area contributed by atoms with Gasteiger partial charge >= 0.3 is 0 Å². The number of nitrogens with zero attached hydrogens (tertiary/aromatic N) is 5. The van der Waals surface area contributed by atoms with Crippen LogP contribution >= 0.6 is 0 Å². The van der Waals surface area contributed by atoms with E-state index in [4.69, 9.17) is 9.72 Å². The summed E-state index contributed by atoms with van der Waals surface area (Å²) in [5.74, 6) is 1.87. The van der Waals surface area contributed by atoms with Gasteiger partial charge in [0.1, 0.15) is 5.82 Å². The molecule has 5 aromatic carbocycles. The molecule has 0 saturated heterocycles. The number of para-hydroxylation sites is 1. The first-order valence-electron chi connectivity index (χ1n) is 20.1. The average molecular weight is 965 g/mol. The van der Waals surface area contributed by atoms with Gasteiger partial charge in [0.15, 0.2) is 0 Å². The summed E-state index contributed by atoms with van der Waals surface area (Å²) >= 11 is 0. The number of ether oxygens (including phenoxy) is 1. The van der Waals surface area contributed by atoms with E-state index in [1.54, 1.807) is 12.4 Å². The second-order valence-electron chi connectivity index (χ2n) is 17.4. The summed E-state index contributed by atoms with van der Waals surface area (Å²) < 4.78 is 12.6. The molecule has 0 amide bonds. The van der Waals surface area contributed by atoms with E-state index in [2.05, 4.69) is 198 Å². The summed E-state index contributed by atoms with van der Waals surface area (Å²) in [5.41, 5.74) is 9.33. The minimum Gasteiger partial charge on any atom is -0.508 e. The smallest absolute Gasteiger partial charge is 0.267 e. The third kappa shape index (κ3) is 7.61. The maximum Gasteiger partial charge on any atom is 0.267 e. The predicted molar refractivity (Wildman–Crippen MR) is 236 cm³/mol. The van der Waals surface area contributed by atoms with E-state index in [0.29, 0.717) is 17.2 Å². The third-order valence-electron chi connectivity index (χ3n) is 11.7. The zero-order valence-corrected chi connectivity index (χ0v) is 37.2. The Morgan fingerprint density at radius 1 is 0.600 bits per heavy atom. The molecule has 4 heterocycles. The van der Waals surface area contributed by atoms with Crippen molar-refractivity contribution in [3.8, 4) is 28.7 Å². The molecule has 0 saturated carbocycles. The summed E-state index contributed by atoms with van der Waals surface area (Å²) in [6.07, 6.45) is 12.9. The number of rotatable bonds is 9. The van der Waals surface area contributed by atoms with Gasteiger partial charge in [0.05, 0.1) is 5.69 Å². The molecule has 0 radical (unpaired) electrons. The van der Waals surface area contributed by atoms with E-state index in [0.717, 1.165) is 33.3 Å². The van der Waals surface area contributed by atoms with Crippen LogP contribution in [0.25, 0.3) is 39.0 Å². The van der Waals surface area contributed by atoms with Crippen LogP contribution in [0.4, 0.5) is 0 Å². The van der Waals surface area contributed by atoms with Crippen LogP contribution in [-0.2, 0) is 37.3 Å². The summed E-state index contributed by atoms with van der Waals surface area (Å²) in [6, 6.07) is 52.0. The minimum absolute atomic E-state index is 0. The zero-order chi connectivity index (χ0) is 40.9. The standard InChI is InChI=1S/C53H47N5O.Pt/c1-51(2,3)39-24-25-55-50(31-39)58-48-21-15-14-20-46(48)47-23-22-44(33-49(47)58)59-45-32-43(34-54-35-45)57-27-26-56(36-57)42-29-40(52(4,5)37-16-10-8-11-17-37)28-41(30-42)53(6,7)38-18-12-9-13-19-38;/h8-31,34-35H,1-7H3;/q-2;. The number of pyridine rings is 2. The number of imidazole rings is 1. The minimum atomic E-state index is -0.243. The zero-order valence-electron chi connectivity index (χ0n) is 35.0. The van der Waals surface area contributed by atoms with Gasteiger partial charge in [-0.25, -0.2) is 4.98 Å². The van der Waals surface area contributed by atoms with Crippen LogP contribution < -0.4 is 9.30 Å². The van der Waals surface area contributed by atoms with Crippen molar-refractivity contribution in [1.29, 1.82) is 0 Å². The predicted octanol–water partition coefficient (Wildman–Crippen LogP) is 11.8. The normalized spacial score (nSPS) is 12.1. The van der Waals surface area contributed by atoms with Gasteiger partial charge in [-0.3, -0.25) is 4.57 Å². The van der Waals surface area contributed by atoms with Crippen LogP contribution in [0.15, 0.2) is 158 Å². The van der Waals surface area contributed by atoms with Crippen molar-refractivity contribution in [2.75, 3.05) is 0 Å². The van der Waals surface area contributed by atoms with E-state index < -0.39 is 0 Å². The molecule has 0 unspecified atom stereocenters. The summed E-state index contributed by atoms with van der Waals surface area (Å²) in [6.45, 7) is 15.8. The molecule has 6 nitrogen and oxygen atoms in total. The van der Waals surface area contributed by atoms with Crippen molar-refractivity contribution in [1.82, 2.24) is 19.1 Å². The first-order chi connectivity index (χ1) is 28.4. The van der Waals surface area contributed by atoms with Gasteiger partial charge in [0, 0.05) is 67.5 Å². The molecule has 0 spiro atoms. The Hall–Kier alpha value is -6.10. The van der Waals surface area contributed by atoms with Gasteiger partial charge in [0.25, 0.3) is 6.33 Å². The monoisotopic (exact) mass is 964 g/mol. The van der Waals surface area contributed by atoms with Crippen LogP contribution in [0, 0.1) is 18.5 Å². The molecule has 7 heteroatoms. The van der Waals surface area contributed by atoms with Crippen molar-refractivity contribution in [3.05, 3.63) is 205 Å². The maximum atomic E-state index is 6.45. The fraction of sp³-hybridized carbons (Fsp3) is 0.189. The topological polar surface area (TPSA) is 48.8 Å². The molecule has 4 aromatic heterocycles. The van der Waals surface area contributed by atoms with Gasteiger partial charge < -0.3 is 18.9 Å². The van der Waals surface area contributed by atoms with E-state index in [9.17, 15) is 0 Å². The molecule has 0 aliphatic heterocycles. The molecule has 0 atom stereocenters. The number of hydrogen-bond acceptors (Lipinski definition) is 3. The van der Waals surface area contributed by atoms with E-state index >= 15 is 0 Å². The molecule has 0 N–H and O–H groups in total. The van der Waals surface area contributed by atoms with Crippen LogP contribution in [0.5, 0.6) is 11.5 Å². The van der Waals surface area contributed by atoms with E-state index in [1.807, 2.05) is 33.8 Å². The molecule has 9 rings (SSSR count). The number of hydrogen-bond donors (Lipinski definition) is 0. The van der Waals surface area contributed by atoms with E-state index in [-0.39, 0.29) is 37.3 Å². The van der Waals surface area contributed by atoms with Crippen LogP contribution in [-0.4, -0.2) is 19.1 Å². The molecule has 0 aliphatic rings.